The molecule has 102 valence electrons. The third kappa shape index (κ3) is 2.87. The first-order chi connectivity index (χ1) is 8.90. The number of hydrogen-bond acceptors (Lipinski definition) is 3. The highest BCUT2D eigenvalue weighted by Gasteiger charge is 2.17. The molecule has 19 heavy (non-hydrogen) atoms. The Morgan fingerprint density at radius 3 is 2.74 bits per heavy atom. The minimum atomic E-state index is -1.48. The first-order valence-electron chi connectivity index (χ1n) is 5.51. The molecule has 0 radical (unpaired) electrons. The van der Waals surface area contributed by atoms with E-state index in [0.717, 1.165) is 15.9 Å². The summed E-state index contributed by atoms with van der Waals surface area (Å²) in [6.45, 7) is 1.85. The van der Waals surface area contributed by atoms with Crippen LogP contribution < -0.4 is 5.73 Å². The molecule has 2 aromatic rings. The number of nitrogens with two attached hydrogens (primary N) is 1. The highest BCUT2D eigenvalue weighted by molar-refractivity contribution is 9.10. The number of rotatable bonds is 3. The molecule has 7 heteroatoms. The molecule has 1 atom stereocenters. The van der Waals surface area contributed by atoms with Crippen molar-refractivity contribution in [2.24, 2.45) is 7.05 Å². The molecule has 0 aliphatic rings. The lowest BCUT2D eigenvalue weighted by molar-refractivity contribution is 0.595. The van der Waals surface area contributed by atoms with Crippen LogP contribution in [0.2, 0.25) is 0 Å². The molecule has 0 fully saturated rings. The maximum atomic E-state index is 13.7. The van der Waals surface area contributed by atoms with E-state index in [-0.39, 0.29) is 10.6 Å². The van der Waals surface area contributed by atoms with Gasteiger partial charge in [0.15, 0.2) is 0 Å². The summed E-state index contributed by atoms with van der Waals surface area (Å²) in [5.74, 6) is -0.355. The maximum Gasteiger partial charge on any atom is 0.141 e. The van der Waals surface area contributed by atoms with E-state index in [4.69, 9.17) is 5.73 Å². The first kappa shape index (κ1) is 14.2. The van der Waals surface area contributed by atoms with Gasteiger partial charge in [0.05, 0.1) is 37.3 Å². The second-order valence-corrected chi connectivity index (χ2v) is 6.36. The number of anilines is 1. The van der Waals surface area contributed by atoms with Crippen LogP contribution in [-0.2, 0) is 23.6 Å². The van der Waals surface area contributed by atoms with E-state index >= 15 is 0 Å². The van der Waals surface area contributed by atoms with Crippen LogP contribution in [0.3, 0.4) is 0 Å². The van der Waals surface area contributed by atoms with E-state index < -0.39 is 16.6 Å². The van der Waals surface area contributed by atoms with Gasteiger partial charge in [-0.15, -0.1) is 0 Å². The lowest BCUT2D eigenvalue weighted by Gasteiger charge is -2.06. The third-order valence-corrected chi connectivity index (χ3v) is 5.12. The molecule has 4 nitrogen and oxygen atoms in total. The van der Waals surface area contributed by atoms with Gasteiger partial charge in [-0.1, -0.05) is 0 Å². The van der Waals surface area contributed by atoms with Crippen LogP contribution >= 0.6 is 15.9 Å². The summed E-state index contributed by atoms with van der Waals surface area (Å²) < 4.78 is 28.4. The molecule has 1 aromatic heterocycles. The van der Waals surface area contributed by atoms with E-state index in [1.165, 1.54) is 12.1 Å². The van der Waals surface area contributed by atoms with Gasteiger partial charge in [0.1, 0.15) is 5.82 Å². The average molecular weight is 346 g/mol. The van der Waals surface area contributed by atoms with Gasteiger partial charge >= 0.3 is 0 Å². The van der Waals surface area contributed by atoms with Gasteiger partial charge in [0.25, 0.3) is 0 Å². The van der Waals surface area contributed by atoms with Crippen LogP contribution in [0, 0.1) is 12.7 Å². The molecule has 0 saturated carbocycles. The Hall–Kier alpha value is -1.21. The Kier molecular flexibility index (Phi) is 4.05. The standard InChI is InChI=1S/C12H13BrFN3OS/c1-7-12(13)10(17(2)16-7)6-19(18)11-4-3-8(15)5-9(11)14/h3-5H,6,15H2,1-2H3. The van der Waals surface area contributed by atoms with Crippen LogP contribution in [0.15, 0.2) is 27.6 Å². The SMILES string of the molecule is Cc1nn(C)c(CS(=O)c2ccc(N)cc2F)c1Br. The Labute approximate surface area is 121 Å². The summed E-state index contributed by atoms with van der Waals surface area (Å²) in [4.78, 5) is 0.153. The second-order valence-electron chi connectivity index (χ2n) is 4.15. The van der Waals surface area contributed by atoms with E-state index in [1.54, 1.807) is 17.8 Å². The molecular formula is C12H13BrFN3OS. The number of aryl methyl sites for hydroxylation is 2. The Bertz CT molecular complexity index is 657. The van der Waals surface area contributed by atoms with Crippen molar-refractivity contribution < 1.29 is 8.60 Å². The van der Waals surface area contributed by atoms with Crippen LogP contribution in [-0.4, -0.2) is 14.0 Å². The van der Waals surface area contributed by atoms with E-state index in [1.807, 2.05) is 6.92 Å². The van der Waals surface area contributed by atoms with Gasteiger partial charge in [-0.05, 0) is 41.1 Å². The predicted molar refractivity (Wildman–Crippen MR) is 76.6 cm³/mol. The lowest BCUT2D eigenvalue weighted by atomic mass is 10.3. The van der Waals surface area contributed by atoms with E-state index in [0.29, 0.717) is 5.69 Å². The second kappa shape index (κ2) is 5.42. The van der Waals surface area contributed by atoms with Crippen molar-refractivity contribution >= 4 is 32.4 Å². The topological polar surface area (TPSA) is 60.9 Å². The maximum absolute atomic E-state index is 13.7. The van der Waals surface area contributed by atoms with Crippen LogP contribution in [0.5, 0.6) is 0 Å². The molecule has 0 spiro atoms. The van der Waals surface area contributed by atoms with Gasteiger partial charge in [-0.25, -0.2) is 4.39 Å². The first-order valence-corrected chi connectivity index (χ1v) is 7.62. The molecule has 1 aromatic carbocycles. The van der Waals surface area contributed by atoms with Crippen molar-refractivity contribution in [2.75, 3.05) is 5.73 Å². The molecule has 1 heterocycles. The number of aromatic nitrogens is 2. The summed E-state index contributed by atoms with van der Waals surface area (Å²) >= 11 is 3.40. The Morgan fingerprint density at radius 1 is 1.53 bits per heavy atom. The fraction of sp³-hybridized carbons (Fsp3) is 0.250. The summed E-state index contributed by atoms with van der Waals surface area (Å²) in [6, 6.07) is 4.18. The number of benzene rings is 1. The molecule has 2 rings (SSSR count). The lowest BCUT2D eigenvalue weighted by Crippen LogP contribution is -2.05. The van der Waals surface area contributed by atoms with Crippen molar-refractivity contribution in [1.82, 2.24) is 9.78 Å². The minimum Gasteiger partial charge on any atom is -0.399 e. The van der Waals surface area contributed by atoms with Crippen LogP contribution in [0.4, 0.5) is 10.1 Å². The van der Waals surface area contributed by atoms with Crippen LogP contribution in [0.25, 0.3) is 0 Å². The predicted octanol–water partition coefficient (Wildman–Crippen LogP) is 2.52. The van der Waals surface area contributed by atoms with Crippen molar-refractivity contribution in [3.05, 3.63) is 39.9 Å². The zero-order chi connectivity index (χ0) is 14.2. The smallest absolute Gasteiger partial charge is 0.141 e. The summed E-state index contributed by atoms with van der Waals surface area (Å²) in [5.41, 5.74) is 7.37. The Balaban J connectivity index is 2.31. The Morgan fingerprint density at radius 2 is 2.21 bits per heavy atom. The third-order valence-electron chi connectivity index (χ3n) is 2.73. The number of nitrogen functional groups attached to an aromatic ring is 1. The van der Waals surface area contributed by atoms with Crippen molar-refractivity contribution in [2.45, 2.75) is 17.6 Å². The monoisotopic (exact) mass is 345 g/mol. The van der Waals surface area contributed by atoms with Gasteiger partial charge in [0, 0.05) is 12.7 Å². The molecule has 1 unspecified atom stereocenters. The van der Waals surface area contributed by atoms with Crippen LogP contribution in [0.1, 0.15) is 11.4 Å². The molecular weight excluding hydrogens is 333 g/mol. The molecule has 0 amide bonds. The van der Waals surface area contributed by atoms with Gasteiger partial charge in [0.2, 0.25) is 0 Å². The van der Waals surface area contributed by atoms with Crippen molar-refractivity contribution in [3.8, 4) is 0 Å². The summed E-state index contributed by atoms with van der Waals surface area (Å²) in [6.07, 6.45) is 0. The zero-order valence-electron chi connectivity index (χ0n) is 10.5. The number of halogens is 2. The quantitative estimate of drug-likeness (QED) is 0.869. The number of nitrogens with zero attached hydrogens (tertiary/aromatic N) is 2. The van der Waals surface area contributed by atoms with Gasteiger partial charge < -0.3 is 5.73 Å². The fourth-order valence-corrected chi connectivity index (χ4v) is 3.63. The van der Waals surface area contributed by atoms with Crippen molar-refractivity contribution in [1.29, 1.82) is 0 Å². The number of hydrogen-bond donors (Lipinski definition) is 1. The van der Waals surface area contributed by atoms with Gasteiger partial charge in [-0.3, -0.25) is 8.89 Å². The van der Waals surface area contributed by atoms with E-state index in [2.05, 4.69) is 21.0 Å². The summed E-state index contributed by atoms with van der Waals surface area (Å²) in [7, 11) is 0.285. The highest BCUT2D eigenvalue weighted by atomic mass is 79.9. The molecule has 0 aliphatic carbocycles. The molecule has 2 N–H and O–H groups in total. The molecule has 0 aliphatic heterocycles. The minimum absolute atomic E-state index is 0.153. The highest BCUT2D eigenvalue weighted by Crippen LogP contribution is 2.24. The molecule has 0 saturated heterocycles. The van der Waals surface area contributed by atoms with E-state index in [9.17, 15) is 8.60 Å². The molecule has 0 bridgehead atoms. The largest absolute Gasteiger partial charge is 0.399 e. The summed E-state index contributed by atoms with van der Waals surface area (Å²) in [5, 5.41) is 4.22. The zero-order valence-corrected chi connectivity index (χ0v) is 12.9. The van der Waals surface area contributed by atoms with Gasteiger partial charge in [-0.2, -0.15) is 5.10 Å². The average Bonchev–Trinajstić information content (AvgIpc) is 2.56. The van der Waals surface area contributed by atoms with Crippen molar-refractivity contribution in [3.63, 3.8) is 0 Å². The fourth-order valence-electron chi connectivity index (χ4n) is 1.74. The normalized spacial score (nSPS) is 12.6.